The number of hydrogen-bond donors (Lipinski definition) is 1. The average molecular weight is 657 g/mol. The SMILES string of the molecule is CCCC[P@](c1ccccc1)N(c1c(C(C)C)cccc1C(C)C)[P@](=S)(Nc1c(C(C)C)cccc1C(C)C)c1ccccc1. The number of nitrogens with one attached hydrogen (secondary N) is 1. The predicted molar refractivity (Wildman–Crippen MR) is 208 cm³/mol. The average Bonchev–Trinajstić information content (AvgIpc) is 3.03. The van der Waals surface area contributed by atoms with Gasteiger partial charge in [-0.1, -0.05) is 166 Å². The molecular weight excluding hydrogens is 602 g/mol. The highest BCUT2D eigenvalue weighted by Crippen LogP contribution is 2.65. The second kappa shape index (κ2) is 15.9. The molecular formula is C40H54N2P2S. The maximum atomic E-state index is 7.31. The number of unbranched alkanes of at least 4 members (excludes halogenated alkanes) is 1. The molecule has 45 heavy (non-hydrogen) atoms. The summed E-state index contributed by atoms with van der Waals surface area (Å²) in [5, 5.41) is 6.90. The van der Waals surface area contributed by atoms with Gasteiger partial charge in [0.1, 0.15) is 0 Å². The van der Waals surface area contributed by atoms with E-state index in [1.807, 2.05) is 0 Å². The zero-order chi connectivity index (χ0) is 32.7. The standard InChI is InChI=1S/C40H54N2P2S/c1-10-11-28-43(33-20-14-12-15-21-33)42(40-37(31(6)7)26-19-27-38(40)32(8)9)44(45,34-22-16-13-17-23-34)41-39-35(29(2)3)24-18-25-36(39)30(4)5/h12-27,29-32H,10-11,28H2,1-9H3,(H,41,45)/t43-,44-/m1/s1. The third-order valence-corrected chi connectivity index (χ3v) is 16.3. The Morgan fingerprint density at radius 3 is 1.51 bits per heavy atom. The van der Waals surface area contributed by atoms with Crippen LogP contribution in [0.25, 0.3) is 0 Å². The highest BCUT2D eigenvalue weighted by atomic mass is 32.4. The Labute approximate surface area is 281 Å². The third kappa shape index (κ3) is 7.93. The van der Waals surface area contributed by atoms with Crippen molar-refractivity contribution >= 4 is 48.2 Å². The van der Waals surface area contributed by atoms with Gasteiger partial charge in [0.05, 0.1) is 5.69 Å². The van der Waals surface area contributed by atoms with E-state index in [1.165, 1.54) is 44.2 Å². The highest BCUT2D eigenvalue weighted by Gasteiger charge is 2.39. The molecule has 0 bridgehead atoms. The Balaban J connectivity index is 2.19. The van der Waals surface area contributed by atoms with Gasteiger partial charge in [-0.15, -0.1) is 0 Å². The van der Waals surface area contributed by atoms with Gasteiger partial charge in [-0.05, 0) is 75.6 Å². The lowest BCUT2D eigenvalue weighted by Gasteiger charge is -2.46. The summed E-state index contributed by atoms with van der Waals surface area (Å²) < 4.78 is 2.80. The van der Waals surface area contributed by atoms with E-state index < -0.39 is 14.4 Å². The summed E-state index contributed by atoms with van der Waals surface area (Å²) in [4.78, 5) is 0. The summed E-state index contributed by atoms with van der Waals surface area (Å²) in [6.07, 6.45) is 0.689. The van der Waals surface area contributed by atoms with Crippen molar-refractivity contribution in [1.82, 2.24) is 0 Å². The molecule has 5 heteroatoms. The van der Waals surface area contributed by atoms with E-state index in [-0.39, 0.29) is 0 Å². The molecule has 1 N–H and O–H groups in total. The molecule has 0 radical (unpaired) electrons. The molecule has 4 rings (SSSR count). The van der Waals surface area contributed by atoms with Gasteiger partial charge in [0, 0.05) is 19.1 Å². The molecule has 2 atom stereocenters. The monoisotopic (exact) mass is 656 g/mol. The zero-order valence-corrected chi connectivity index (χ0v) is 31.5. The molecule has 0 saturated heterocycles. The molecule has 0 aliphatic rings. The van der Waals surface area contributed by atoms with E-state index >= 15 is 0 Å². The Morgan fingerprint density at radius 2 is 1.07 bits per heavy atom. The Morgan fingerprint density at radius 1 is 0.622 bits per heavy atom. The molecule has 2 nitrogen and oxygen atoms in total. The maximum absolute atomic E-state index is 7.31. The first-order chi connectivity index (χ1) is 21.5. The van der Waals surface area contributed by atoms with E-state index in [2.05, 4.69) is 169 Å². The van der Waals surface area contributed by atoms with Crippen molar-refractivity contribution in [2.24, 2.45) is 0 Å². The first-order valence-corrected chi connectivity index (χ1v) is 21.1. The Hall–Kier alpha value is -2.44. The van der Waals surface area contributed by atoms with Crippen LogP contribution < -0.4 is 20.1 Å². The quantitative estimate of drug-likeness (QED) is 0.136. The third-order valence-electron chi connectivity index (χ3n) is 8.56. The summed E-state index contributed by atoms with van der Waals surface area (Å²) in [5.74, 6) is 1.44. The molecule has 0 aliphatic carbocycles. The number of nitrogens with zero attached hydrogens (tertiary/aromatic N) is 1. The van der Waals surface area contributed by atoms with Crippen LogP contribution in [0.5, 0.6) is 0 Å². The van der Waals surface area contributed by atoms with Crippen LogP contribution in [0.2, 0.25) is 0 Å². The van der Waals surface area contributed by atoms with Gasteiger partial charge in [0.15, 0.2) is 6.34 Å². The molecule has 0 fully saturated rings. The number of benzene rings is 4. The lowest BCUT2D eigenvalue weighted by Crippen LogP contribution is -2.32. The minimum Gasteiger partial charge on any atom is -0.338 e. The molecule has 240 valence electrons. The van der Waals surface area contributed by atoms with Gasteiger partial charge in [-0.3, -0.25) is 4.44 Å². The van der Waals surface area contributed by atoms with Gasteiger partial charge < -0.3 is 5.09 Å². The topological polar surface area (TPSA) is 15.3 Å². The molecule has 0 amide bonds. The molecule has 0 unspecified atom stereocenters. The fraction of sp³-hybridized carbons (Fsp3) is 0.400. The lowest BCUT2D eigenvalue weighted by atomic mass is 9.93. The van der Waals surface area contributed by atoms with Crippen molar-refractivity contribution in [1.29, 1.82) is 0 Å². The fourth-order valence-electron chi connectivity index (χ4n) is 6.08. The van der Waals surface area contributed by atoms with E-state index in [0.717, 1.165) is 19.0 Å². The van der Waals surface area contributed by atoms with Crippen LogP contribution in [-0.4, -0.2) is 6.16 Å². The Kier molecular flexibility index (Phi) is 12.5. The number of rotatable bonds is 14. The van der Waals surface area contributed by atoms with E-state index in [0.29, 0.717) is 23.7 Å². The minimum absolute atomic E-state index is 0.355. The lowest BCUT2D eigenvalue weighted by molar-refractivity contribution is 0.835. The van der Waals surface area contributed by atoms with Crippen molar-refractivity contribution in [3.63, 3.8) is 0 Å². The van der Waals surface area contributed by atoms with Crippen molar-refractivity contribution in [2.45, 2.75) is 98.8 Å². The summed E-state index contributed by atoms with van der Waals surface area (Å²) in [5.41, 5.74) is 8.02. The van der Waals surface area contributed by atoms with Crippen molar-refractivity contribution in [3.05, 3.63) is 119 Å². The van der Waals surface area contributed by atoms with Crippen LogP contribution in [0.15, 0.2) is 97.1 Å². The zero-order valence-electron chi connectivity index (χ0n) is 28.9. The summed E-state index contributed by atoms with van der Waals surface area (Å²) >= 11 is 7.31. The van der Waals surface area contributed by atoms with Crippen molar-refractivity contribution in [3.8, 4) is 0 Å². The van der Waals surface area contributed by atoms with Crippen LogP contribution in [0.1, 0.15) is 121 Å². The number of anilines is 2. The van der Waals surface area contributed by atoms with E-state index in [9.17, 15) is 0 Å². The van der Waals surface area contributed by atoms with Crippen molar-refractivity contribution < 1.29 is 0 Å². The molecule has 4 aromatic rings. The second-order valence-electron chi connectivity index (χ2n) is 13.3. The number of para-hydroxylation sites is 2. The fourth-order valence-corrected chi connectivity index (χ4v) is 14.4. The van der Waals surface area contributed by atoms with Gasteiger partial charge in [0.2, 0.25) is 0 Å². The molecule has 0 aliphatic heterocycles. The first kappa shape index (κ1) is 35.4. The van der Waals surface area contributed by atoms with Crippen LogP contribution in [-0.2, 0) is 11.8 Å². The second-order valence-corrected chi connectivity index (χ2v) is 19.7. The van der Waals surface area contributed by atoms with Crippen LogP contribution >= 0.6 is 14.4 Å². The van der Waals surface area contributed by atoms with Crippen LogP contribution in [0, 0.1) is 0 Å². The van der Waals surface area contributed by atoms with Gasteiger partial charge in [-0.25, -0.2) is 0 Å². The summed E-state index contributed by atoms with van der Waals surface area (Å²) in [7, 11) is -0.825. The predicted octanol–water partition coefficient (Wildman–Crippen LogP) is 12.3. The molecule has 0 heterocycles. The highest BCUT2D eigenvalue weighted by molar-refractivity contribution is 8.22. The van der Waals surface area contributed by atoms with Gasteiger partial charge in [0.25, 0.3) is 0 Å². The van der Waals surface area contributed by atoms with E-state index in [1.54, 1.807) is 0 Å². The molecule has 4 aromatic carbocycles. The van der Waals surface area contributed by atoms with Crippen molar-refractivity contribution in [2.75, 3.05) is 15.7 Å². The van der Waals surface area contributed by atoms with Crippen LogP contribution in [0.3, 0.4) is 0 Å². The van der Waals surface area contributed by atoms with Gasteiger partial charge >= 0.3 is 0 Å². The summed E-state index contributed by atoms with van der Waals surface area (Å²) in [6, 6.07) is 36.0. The molecule has 0 spiro atoms. The molecule has 0 aromatic heterocycles. The Bertz CT molecular complexity index is 1510. The van der Waals surface area contributed by atoms with Crippen LogP contribution in [0.4, 0.5) is 11.4 Å². The molecule has 0 saturated carbocycles. The smallest absolute Gasteiger partial charge is 0.154 e. The summed E-state index contributed by atoms with van der Waals surface area (Å²) in [6.45, 7) is 20.9. The largest absolute Gasteiger partial charge is 0.338 e. The minimum atomic E-state index is -2.71. The van der Waals surface area contributed by atoms with Gasteiger partial charge in [-0.2, -0.15) is 0 Å². The van der Waals surface area contributed by atoms with E-state index in [4.69, 9.17) is 11.8 Å². The normalized spacial score (nSPS) is 13.8. The first-order valence-electron chi connectivity index (χ1n) is 16.8. The maximum Gasteiger partial charge on any atom is 0.154 e. The number of hydrogen-bond acceptors (Lipinski definition) is 1.